The van der Waals surface area contributed by atoms with Crippen molar-refractivity contribution in [2.24, 2.45) is 0 Å². The van der Waals surface area contributed by atoms with Gasteiger partial charge >= 0.3 is 0 Å². The van der Waals surface area contributed by atoms with Crippen molar-refractivity contribution in [3.05, 3.63) is 53.4 Å². The molecule has 0 saturated carbocycles. The highest BCUT2D eigenvalue weighted by Crippen LogP contribution is 2.20. The van der Waals surface area contributed by atoms with Crippen molar-refractivity contribution < 1.29 is 0 Å². The Morgan fingerprint density at radius 1 is 1.30 bits per heavy atom. The molecule has 0 aliphatic carbocycles. The Kier molecular flexibility index (Phi) is 5.65. The maximum Gasteiger partial charge on any atom is 0.120 e. The number of rotatable bonds is 6. The molecule has 2 heterocycles. The van der Waals surface area contributed by atoms with Crippen molar-refractivity contribution in [2.45, 2.75) is 25.4 Å². The summed E-state index contributed by atoms with van der Waals surface area (Å²) in [5.41, 5.74) is 2.22. The van der Waals surface area contributed by atoms with E-state index in [1.807, 2.05) is 24.4 Å². The molecule has 0 amide bonds. The van der Waals surface area contributed by atoms with Crippen molar-refractivity contribution in [2.75, 3.05) is 19.6 Å². The number of nitrogens with one attached hydrogen (secondary N) is 2. The summed E-state index contributed by atoms with van der Waals surface area (Å²) in [6.45, 7) is 7.89. The second-order valence-electron chi connectivity index (χ2n) is 5.99. The van der Waals surface area contributed by atoms with Gasteiger partial charge in [0.25, 0.3) is 0 Å². The van der Waals surface area contributed by atoms with E-state index < -0.39 is 0 Å². The third kappa shape index (κ3) is 4.53. The molecular weight excluding hydrogens is 352 g/mol. The molecule has 1 saturated heterocycles. The summed E-state index contributed by atoms with van der Waals surface area (Å²) in [6.07, 6.45) is 6.27. The normalized spacial score (nSPS) is 16.6. The standard InChI is InChI=1S/C18H23BrN4/c1-2-9-23-10-7-16(8-11-23)20-13-18-21-12-17(22-18)14-3-5-15(19)6-4-14/h2-6,12,16,20H,1,7-11,13H2,(H,21,22). The van der Waals surface area contributed by atoms with Crippen molar-refractivity contribution in [1.29, 1.82) is 0 Å². The number of piperidine rings is 1. The van der Waals surface area contributed by atoms with Gasteiger partial charge in [0.2, 0.25) is 0 Å². The lowest BCUT2D eigenvalue weighted by molar-refractivity contribution is 0.214. The fraction of sp³-hybridized carbons (Fsp3) is 0.389. The number of halogens is 1. The Hall–Kier alpha value is -1.43. The molecule has 0 bridgehead atoms. The molecule has 1 fully saturated rings. The van der Waals surface area contributed by atoms with Gasteiger partial charge in [-0.2, -0.15) is 0 Å². The second kappa shape index (κ2) is 7.90. The number of imidazole rings is 1. The molecule has 2 N–H and O–H groups in total. The number of aromatic nitrogens is 2. The van der Waals surface area contributed by atoms with Crippen molar-refractivity contribution >= 4 is 15.9 Å². The van der Waals surface area contributed by atoms with Crippen LogP contribution in [0, 0.1) is 0 Å². The SMILES string of the molecule is C=CCN1CCC(NCc2ncc(-c3ccc(Br)cc3)[nH]2)CC1. The van der Waals surface area contributed by atoms with E-state index in [4.69, 9.17) is 0 Å². The van der Waals surface area contributed by atoms with E-state index in [0.717, 1.165) is 47.7 Å². The Bertz CT molecular complexity index is 627. The van der Waals surface area contributed by atoms with E-state index in [9.17, 15) is 0 Å². The van der Waals surface area contributed by atoms with E-state index in [-0.39, 0.29) is 0 Å². The largest absolute Gasteiger partial charge is 0.341 e. The molecule has 5 heteroatoms. The molecule has 3 rings (SSSR count). The molecule has 4 nitrogen and oxygen atoms in total. The molecule has 2 aromatic rings. The van der Waals surface area contributed by atoms with Crippen LogP contribution in [0.25, 0.3) is 11.3 Å². The third-order valence-electron chi connectivity index (χ3n) is 4.32. The van der Waals surface area contributed by atoms with Gasteiger partial charge in [-0.1, -0.05) is 34.1 Å². The highest BCUT2D eigenvalue weighted by molar-refractivity contribution is 9.10. The van der Waals surface area contributed by atoms with E-state index in [0.29, 0.717) is 6.04 Å². The summed E-state index contributed by atoms with van der Waals surface area (Å²) >= 11 is 3.46. The molecule has 122 valence electrons. The molecule has 0 unspecified atom stereocenters. The average molecular weight is 375 g/mol. The van der Waals surface area contributed by atoms with E-state index in [1.165, 1.54) is 12.8 Å². The maximum atomic E-state index is 4.49. The van der Waals surface area contributed by atoms with Gasteiger partial charge in [-0.05, 0) is 43.6 Å². The van der Waals surface area contributed by atoms with Gasteiger partial charge < -0.3 is 10.3 Å². The van der Waals surface area contributed by atoms with Crippen molar-refractivity contribution in [3.8, 4) is 11.3 Å². The van der Waals surface area contributed by atoms with Gasteiger partial charge in [0.05, 0.1) is 18.4 Å². The zero-order valence-electron chi connectivity index (χ0n) is 13.3. The molecule has 1 aromatic carbocycles. The van der Waals surface area contributed by atoms with E-state index >= 15 is 0 Å². The van der Waals surface area contributed by atoms with Gasteiger partial charge in [0, 0.05) is 17.1 Å². The van der Waals surface area contributed by atoms with Crippen LogP contribution in [-0.4, -0.2) is 40.5 Å². The molecule has 1 aromatic heterocycles. The molecule has 1 aliphatic heterocycles. The third-order valence-corrected chi connectivity index (χ3v) is 4.85. The van der Waals surface area contributed by atoms with Gasteiger partial charge in [-0.25, -0.2) is 4.98 Å². The number of benzene rings is 1. The van der Waals surface area contributed by atoms with Gasteiger partial charge in [-0.15, -0.1) is 6.58 Å². The van der Waals surface area contributed by atoms with Crippen molar-refractivity contribution in [3.63, 3.8) is 0 Å². The Morgan fingerprint density at radius 2 is 2.04 bits per heavy atom. The molecule has 23 heavy (non-hydrogen) atoms. The van der Waals surface area contributed by atoms with Gasteiger partial charge in [0.1, 0.15) is 5.82 Å². The minimum atomic E-state index is 0.581. The van der Waals surface area contributed by atoms with Crippen LogP contribution in [0.4, 0.5) is 0 Å². The number of likely N-dealkylation sites (tertiary alicyclic amines) is 1. The summed E-state index contributed by atoms with van der Waals surface area (Å²) in [6, 6.07) is 8.85. The zero-order valence-corrected chi connectivity index (χ0v) is 14.8. The summed E-state index contributed by atoms with van der Waals surface area (Å²) < 4.78 is 1.09. The predicted octanol–water partition coefficient (Wildman–Crippen LogP) is 3.58. The molecule has 0 radical (unpaired) electrons. The first kappa shape index (κ1) is 16.4. The number of H-pyrrole nitrogens is 1. The summed E-state index contributed by atoms with van der Waals surface area (Å²) in [5, 5.41) is 3.62. The van der Waals surface area contributed by atoms with Crippen LogP contribution in [0.3, 0.4) is 0 Å². The minimum Gasteiger partial charge on any atom is -0.341 e. The summed E-state index contributed by atoms with van der Waals surface area (Å²) in [5.74, 6) is 0.997. The van der Waals surface area contributed by atoms with Gasteiger partial charge in [-0.3, -0.25) is 4.90 Å². The van der Waals surface area contributed by atoms with Gasteiger partial charge in [0.15, 0.2) is 0 Å². The van der Waals surface area contributed by atoms with Crippen molar-refractivity contribution in [1.82, 2.24) is 20.2 Å². The Balaban J connectivity index is 1.50. The first-order chi connectivity index (χ1) is 11.2. The highest BCUT2D eigenvalue weighted by Gasteiger charge is 2.18. The topological polar surface area (TPSA) is 44.0 Å². The monoisotopic (exact) mass is 374 g/mol. The number of hydrogen-bond acceptors (Lipinski definition) is 3. The second-order valence-corrected chi connectivity index (χ2v) is 6.91. The smallest absolute Gasteiger partial charge is 0.120 e. The van der Waals surface area contributed by atoms with E-state index in [1.54, 1.807) is 0 Å². The predicted molar refractivity (Wildman–Crippen MR) is 98.2 cm³/mol. The molecule has 0 spiro atoms. The lowest BCUT2D eigenvalue weighted by Crippen LogP contribution is -2.42. The first-order valence-electron chi connectivity index (χ1n) is 8.11. The fourth-order valence-electron chi connectivity index (χ4n) is 2.97. The average Bonchev–Trinajstić information content (AvgIpc) is 3.04. The van der Waals surface area contributed by atoms with Crippen LogP contribution in [0.15, 0.2) is 47.6 Å². The number of aromatic amines is 1. The zero-order chi connectivity index (χ0) is 16.1. The Morgan fingerprint density at radius 3 is 2.74 bits per heavy atom. The highest BCUT2D eigenvalue weighted by atomic mass is 79.9. The van der Waals surface area contributed by atoms with Crippen LogP contribution in [-0.2, 0) is 6.54 Å². The number of hydrogen-bond donors (Lipinski definition) is 2. The van der Waals surface area contributed by atoms with Crippen LogP contribution < -0.4 is 5.32 Å². The maximum absolute atomic E-state index is 4.49. The quantitative estimate of drug-likeness (QED) is 0.759. The van der Waals surface area contributed by atoms with E-state index in [2.05, 4.69) is 54.8 Å². The summed E-state index contributed by atoms with van der Waals surface area (Å²) in [7, 11) is 0. The minimum absolute atomic E-state index is 0.581. The lowest BCUT2D eigenvalue weighted by Gasteiger charge is -2.31. The van der Waals surface area contributed by atoms with Crippen LogP contribution >= 0.6 is 15.9 Å². The lowest BCUT2D eigenvalue weighted by atomic mass is 10.1. The molecular formula is C18H23BrN4. The first-order valence-corrected chi connectivity index (χ1v) is 8.90. The Labute approximate surface area is 146 Å². The molecule has 1 aliphatic rings. The number of nitrogens with zero attached hydrogens (tertiary/aromatic N) is 2. The molecule has 0 atom stereocenters. The van der Waals surface area contributed by atoms with Crippen LogP contribution in [0.1, 0.15) is 18.7 Å². The summed E-state index contributed by atoms with van der Waals surface area (Å²) in [4.78, 5) is 10.3. The van der Waals surface area contributed by atoms with Crippen LogP contribution in [0.2, 0.25) is 0 Å². The van der Waals surface area contributed by atoms with Crippen LogP contribution in [0.5, 0.6) is 0 Å². The fourth-order valence-corrected chi connectivity index (χ4v) is 3.24.